The van der Waals surface area contributed by atoms with E-state index in [1.807, 2.05) is 0 Å². The number of rotatable bonds is 5. The second kappa shape index (κ2) is 8.87. The van der Waals surface area contributed by atoms with E-state index in [4.69, 9.17) is 11.6 Å². The molecule has 1 saturated heterocycles. The van der Waals surface area contributed by atoms with Crippen LogP contribution in [-0.4, -0.2) is 55.2 Å². The Balaban J connectivity index is 1.52. The third kappa shape index (κ3) is 4.32. The summed E-state index contributed by atoms with van der Waals surface area (Å²) in [4.78, 5) is 51.6. The molecule has 2 heterocycles. The van der Waals surface area contributed by atoms with E-state index in [-0.39, 0.29) is 42.8 Å². The molecule has 0 spiro atoms. The van der Waals surface area contributed by atoms with Gasteiger partial charge in [0.15, 0.2) is 0 Å². The Morgan fingerprint density at radius 1 is 1.21 bits per heavy atom. The van der Waals surface area contributed by atoms with Gasteiger partial charge in [-0.3, -0.25) is 24.5 Å². The predicted octanol–water partition coefficient (Wildman–Crippen LogP) is 0.0281. The summed E-state index contributed by atoms with van der Waals surface area (Å²) in [7, 11) is 3.01. The molecule has 174 valence electrons. The third-order valence-electron chi connectivity index (χ3n) is 6.12. The van der Waals surface area contributed by atoms with Crippen molar-refractivity contribution in [2.24, 2.45) is 0 Å². The lowest BCUT2D eigenvalue weighted by Gasteiger charge is -2.29. The Bertz CT molecular complexity index is 1210. The van der Waals surface area contributed by atoms with Crippen LogP contribution in [0.15, 0.2) is 36.4 Å². The number of amides is 4. The van der Waals surface area contributed by atoms with Gasteiger partial charge in [-0.05, 0) is 29.7 Å². The number of alkyl halides is 2. The van der Waals surface area contributed by atoms with Gasteiger partial charge in [-0.25, -0.2) is 0 Å². The average Bonchev–Trinajstić information content (AvgIpc) is 3.09. The highest BCUT2D eigenvalue weighted by Crippen LogP contribution is 2.32. The first-order valence-corrected chi connectivity index (χ1v) is 11.0. The molecule has 1 unspecified atom stereocenters. The first kappa shape index (κ1) is 23.9. The Morgan fingerprint density at radius 3 is 2.53 bits per heavy atom. The summed E-state index contributed by atoms with van der Waals surface area (Å²) in [6.07, 6.45) is 0.392. The van der Waals surface area contributed by atoms with Crippen molar-refractivity contribution in [3.05, 3.63) is 63.7 Å². The summed E-state index contributed by atoms with van der Waals surface area (Å²) in [5, 5.41) is 2.54. The van der Waals surface area contributed by atoms with Gasteiger partial charge in [-0.2, -0.15) is 8.78 Å². The van der Waals surface area contributed by atoms with Gasteiger partial charge >= 0.3 is 5.92 Å². The van der Waals surface area contributed by atoms with Crippen LogP contribution in [-0.2, 0) is 33.4 Å². The number of benzene rings is 2. The molecular weight excluding hydrogens is 465 g/mol. The van der Waals surface area contributed by atoms with Gasteiger partial charge in [0.25, 0.3) is 11.8 Å². The number of nitrogens with zero attached hydrogens (tertiary/aromatic N) is 2. The predicted molar refractivity (Wildman–Crippen MR) is 125 cm³/mol. The summed E-state index contributed by atoms with van der Waals surface area (Å²) >= 11 is 5.75. The van der Waals surface area contributed by atoms with Crippen LogP contribution in [0.2, 0.25) is 5.02 Å². The van der Waals surface area contributed by atoms with Crippen LogP contribution in [0.4, 0.5) is 8.78 Å². The maximum absolute atomic E-state index is 14.8. The van der Waals surface area contributed by atoms with Gasteiger partial charge in [-0.15, -0.1) is 0 Å². The molecule has 2 aliphatic heterocycles. The summed E-state index contributed by atoms with van der Waals surface area (Å²) in [5.41, 5.74) is 1.85. The van der Waals surface area contributed by atoms with Crippen LogP contribution in [0, 0.1) is 0 Å². The molecule has 1 atom stereocenters. The Kier molecular flexibility index (Phi) is 6.24. The minimum absolute atomic E-state index is 0.0945. The molecule has 34 heavy (non-hydrogen) atoms. The fraction of sp³-hybridized carbons (Fsp3) is 0.273. The number of carbonyl (C=O) groups is 4. The zero-order chi connectivity index (χ0) is 24.8. The number of imide groups is 1. The molecule has 7 nitrogen and oxygen atoms in total. The number of hydrogen-bond acceptors (Lipinski definition) is 4. The largest absolute Gasteiger partial charge is 0.384 e. The molecule has 1 fully saturated rings. The molecule has 2 aromatic rings. The molecule has 0 saturated carbocycles. The van der Waals surface area contributed by atoms with E-state index in [1.54, 1.807) is 20.0 Å². The summed E-state index contributed by atoms with van der Waals surface area (Å²) < 4.78 is 29.5. The highest BCUT2D eigenvalue weighted by atomic mass is 35.5. The smallest absolute Gasteiger partial charge is 0.348 e. The number of piperidine rings is 1. The number of halogens is 3. The molecule has 0 radical (unpaired) electrons. The fourth-order valence-corrected chi connectivity index (χ4v) is 4.59. The minimum atomic E-state index is -3.73. The number of hydrogen-bond donors (Lipinski definition) is 1. The molecule has 4 amide bonds. The monoisotopic (exact) mass is 485 g/mol. The molecule has 1 N–H and O–H groups in total. The van der Waals surface area contributed by atoms with Gasteiger partial charge in [-0.1, -0.05) is 41.3 Å². The summed E-state index contributed by atoms with van der Waals surface area (Å²) in [5.74, 6) is -6.29. The van der Waals surface area contributed by atoms with Crippen LogP contribution in [0.5, 0.6) is 0 Å². The third-order valence-corrected chi connectivity index (χ3v) is 6.37. The minimum Gasteiger partial charge on any atom is -0.384 e. The average molecular weight is 485 g/mol. The second-order valence-corrected chi connectivity index (χ2v) is 9.03. The van der Waals surface area contributed by atoms with Gasteiger partial charge in [0.2, 0.25) is 19.8 Å². The van der Waals surface area contributed by atoms with Crippen LogP contribution in [0.1, 0.15) is 39.9 Å². The van der Waals surface area contributed by atoms with Crippen molar-refractivity contribution >= 4 is 56.5 Å². The van der Waals surface area contributed by atoms with Crippen molar-refractivity contribution in [2.75, 3.05) is 0 Å². The highest BCUT2D eigenvalue weighted by Gasteiger charge is 2.43. The van der Waals surface area contributed by atoms with Gasteiger partial charge in [0, 0.05) is 35.7 Å². The van der Waals surface area contributed by atoms with Crippen molar-refractivity contribution in [1.82, 2.24) is 15.0 Å². The molecule has 0 aromatic heterocycles. The number of fused-ring (bicyclic) bond motifs is 1. The molecule has 12 heteroatoms. The normalized spacial score (nSPS) is 18.0. The van der Waals surface area contributed by atoms with Crippen LogP contribution in [0.25, 0.3) is 0 Å². The molecular formula is C22H20B2ClF2N3O4. The van der Waals surface area contributed by atoms with E-state index in [0.29, 0.717) is 22.2 Å². The van der Waals surface area contributed by atoms with E-state index in [9.17, 15) is 28.0 Å². The first-order chi connectivity index (χ1) is 16.0. The zero-order valence-corrected chi connectivity index (χ0v) is 19.3. The van der Waals surface area contributed by atoms with Crippen molar-refractivity contribution in [1.29, 1.82) is 0 Å². The van der Waals surface area contributed by atoms with Crippen molar-refractivity contribution in [2.45, 2.75) is 37.9 Å². The molecule has 0 aliphatic carbocycles. The SMILES string of the molecule is Bc1cc(CN(B)C(=O)C(F)(F)c2ccc(Cl)cc2)cc2c1C(=O)N(C1CCC(=O)NC1=O)C2. The van der Waals surface area contributed by atoms with E-state index < -0.39 is 29.3 Å². The molecule has 0 bridgehead atoms. The lowest BCUT2D eigenvalue weighted by molar-refractivity contribution is -0.154. The van der Waals surface area contributed by atoms with E-state index in [2.05, 4.69) is 5.32 Å². The van der Waals surface area contributed by atoms with Crippen LogP contribution < -0.4 is 10.8 Å². The van der Waals surface area contributed by atoms with Gasteiger partial charge in [0.05, 0.1) is 0 Å². The quantitative estimate of drug-likeness (QED) is 0.478. The summed E-state index contributed by atoms with van der Waals surface area (Å²) in [6, 6.07) is 7.44. The van der Waals surface area contributed by atoms with Crippen molar-refractivity contribution in [3.63, 3.8) is 0 Å². The molecule has 4 rings (SSSR count). The number of nitrogens with one attached hydrogen (secondary N) is 1. The van der Waals surface area contributed by atoms with E-state index >= 15 is 0 Å². The van der Waals surface area contributed by atoms with Crippen molar-refractivity contribution < 1.29 is 28.0 Å². The Labute approximate surface area is 201 Å². The lowest BCUT2D eigenvalue weighted by atomic mass is 9.86. The standard InChI is InChI=1S/C22H20B2ClF2N3O4/c23-15-8-11(9-30(24)21(34)22(26,27)13-1-3-14(25)4-2-13)7-12-10-29(20(33)18(12)15)16-5-6-17(31)28-19(16)32/h1-4,7-8,16H,5-6,9-10,23-24H2,(H,28,31,32). The number of carbonyl (C=O) groups excluding carboxylic acids is 4. The maximum Gasteiger partial charge on any atom is 0.348 e. The van der Waals surface area contributed by atoms with Gasteiger partial charge in [0.1, 0.15) is 13.9 Å². The Morgan fingerprint density at radius 2 is 1.88 bits per heavy atom. The van der Waals surface area contributed by atoms with Crippen LogP contribution in [0.3, 0.4) is 0 Å². The molecule has 2 aliphatic rings. The first-order valence-electron chi connectivity index (χ1n) is 10.7. The maximum atomic E-state index is 14.8. The van der Waals surface area contributed by atoms with Gasteiger partial charge < -0.3 is 9.71 Å². The van der Waals surface area contributed by atoms with Crippen LogP contribution >= 0.6 is 11.6 Å². The summed E-state index contributed by atoms with van der Waals surface area (Å²) in [6.45, 7) is 0.0659. The van der Waals surface area contributed by atoms with E-state index in [1.165, 1.54) is 25.0 Å². The second-order valence-electron chi connectivity index (χ2n) is 8.59. The topological polar surface area (TPSA) is 86.8 Å². The molecule has 2 aromatic carbocycles. The zero-order valence-electron chi connectivity index (χ0n) is 18.5. The Hall–Kier alpha value is -3.20. The fourth-order valence-electron chi connectivity index (χ4n) is 4.46. The van der Waals surface area contributed by atoms with Crippen molar-refractivity contribution in [3.8, 4) is 0 Å². The highest BCUT2D eigenvalue weighted by molar-refractivity contribution is 6.37. The van der Waals surface area contributed by atoms with E-state index in [0.717, 1.165) is 16.9 Å². The lowest BCUT2D eigenvalue weighted by Crippen LogP contribution is -2.52.